The smallest absolute Gasteiger partial charge is 0.257 e. The summed E-state index contributed by atoms with van der Waals surface area (Å²) in [5.41, 5.74) is 5.10. The van der Waals surface area contributed by atoms with Gasteiger partial charge in [-0.2, -0.15) is 0 Å². The van der Waals surface area contributed by atoms with Crippen LogP contribution in [0.3, 0.4) is 0 Å². The SMILES string of the molecule is Cc1ccc(NC(=O)c2cccc(F)c2NN)c(C)c1. The lowest BCUT2D eigenvalue weighted by Gasteiger charge is -2.12. The van der Waals surface area contributed by atoms with E-state index in [1.54, 1.807) is 0 Å². The van der Waals surface area contributed by atoms with Gasteiger partial charge in [0.05, 0.1) is 11.3 Å². The van der Waals surface area contributed by atoms with Gasteiger partial charge in [0.2, 0.25) is 0 Å². The first kappa shape index (κ1) is 14.0. The number of hydrogen-bond donors (Lipinski definition) is 3. The van der Waals surface area contributed by atoms with Gasteiger partial charge in [0.15, 0.2) is 0 Å². The lowest BCUT2D eigenvalue weighted by molar-refractivity contribution is 0.102. The number of anilines is 2. The van der Waals surface area contributed by atoms with Crippen molar-refractivity contribution in [1.29, 1.82) is 0 Å². The standard InChI is InChI=1S/C15H16FN3O/c1-9-6-7-13(10(2)8-9)18-15(20)11-4-3-5-12(16)14(11)19-17/h3-8,19H,17H2,1-2H3,(H,18,20). The number of amides is 1. The molecule has 4 N–H and O–H groups in total. The lowest BCUT2D eigenvalue weighted by Crippen LogP contribution is -2.18. The molecule has 0 fully saturated rings. The maximum Gasteiger partial charge on any atom is 0.257 e. The van der Waals surface area contributed by atoms with E-state index in [2.05, 4.69) is 10.7 Å². The fraction of sp³-hybridized carbons (Fsp3) is 0.133. The second-order valence-electron chi connectivity index (χ2n) is 4.58. The molecule has 0 heterocycles. The number of halogens is 1. The van der Waals surface area contributed by atoms with Crippen molar-refractivity contribution < 1.29 is 9.18 Å². The second kappa shape index (κ2) is 5.71. The Bertz CT molecular complexity index is 656. The van der Waals surface area contributed by atoms with Crippen LogP contribution in [0.2, 0.25) is 0 Å². The fourth-order valence-corrected chi connectivity index (χ4v) is 2.00. The molecule has 1 amide bonds. The first-order valence-corrected chi connectivity index (χ1v) is 6.16. The molecule has 4 nitrogen and oxygen atoms in total. The molecule has 2 aromatic rings. The summed E-state index contributed by atoms with van der Waals surface area (Å²) in [5.74, 6) is 4.28. The van der Waals surface area contributed by atoms with E-state index in [1.807, 2.05) is 32.0 Å². The van der Waals surface area contributed by atoms with Gasteiger partial charge in [-0.25, -0.2) is 4.39 Å². The molecule has 20 heavy (non-hydrogen) atoms. The monoisotopic (exact) mass is 273 g/mol. The van der Waals surface area contributed by atoms with Crippen molar-refractivity contribution in [3.8, 4) is 0 Å². The highest BCUT2D eigenvalue weighted by Crippen LogP contribution is 2.22. The van der Waals surface area contributed by atoms with Gasteiger partial charge in [-0.1, -0.05) is 23.8 Å². The third-order valence-electron chi connectivity index (χ3n) is 3.03. The van der Waals surface area contributed by atoms with E-state index in [4.69, 9.17) is 5.84 Å². The Morgan fingerprint density at radius 1 is 1.20 bits per heavy atom. The van der Waals surface area contributed by atoms with Crippen molar-refractivity contribution in [2.45, 2.75) is 13.8 Å². The topological polar surface area (TPSA) is 67.2 Å². The Labute approximate surface area is 116 Å². The normalized spacial score (nSPS) is 10.2. The minimum Gasteiger partial charge on any atom is -0.322 e. The van der Waals surface area contributed by atoms with Gasteiger partial charge in [0.1, 0.15) is 5.82 Å². The number of hydrazine groups is 1. The number of para-hydroxylation sites is 1. The molecule has 0 radical (unpaired) electrons. The van der Waals surface area contributed by atoms with Crippen LogP contribution in [0.25, 0.3) is 0 Å². The summed E-state index contributed by atoms with van der Waals surface area (Å²) in [4.78, 5) is 12.2. The third kappa shape index (κ3) is 2.78. The fourth-order valence-electron chi connectivity index (χ4n) is 2.00. The quantitative estimate of drug-likeness (QED) is 0.595. The molecule has 0 aromatic heterocycles. The van der Waals surface area contributed by atoms with Gasteiger partial charge >= 0.3 is 0 Å². The number of aryl methyl sites for hydroxylation is 2. The van der Waals surface area contributed by atoms with Crippen LogP contribution in [0, 0.1) is 19.7 Å². The summed E-state index contributed by atoms with van der Waals surface area (Å²) in [7, 11) is 0. The van der Waals surface area contributed by atoms with Crippen LogP contribution in [0.5, 0.6) is 0 Å². The Kier molecular flexibility index (Phi) is 4.00. The van der Waals surface area contributed by atoms with Crippen LogP contribution in [0.4, 0.5) is 15.8 Å². The van der Waals surface area contributed by atoms with Gasteiger partial charge in [0.25, 0.3) is 5.91 Å². The van der Waals surface area contributed by atoms with Crippen LogP contribution in [-0.4, -0.2) is 5.91 Å². The molecule has 2 aromatic carbocycles. The average molecular weight is 273 g/mol. The Balaban J connectivity index is 2.31. The van der Waals surface area contributed by atoms with Crippen molar-refractivity contribution in [2.75, 3.05) is 10.7 Å². The lowest BCUT2D eigenvalue weighted by atomic mass is 10.1. The molecule has 0 aliphatic rings. The Hall–Kier alpha value is -2.40. The number of rotatable bonds is 3. The molecule has 0 aliphatic heterocycles. The highest BCUT2D eigenvalue weighted by atomic mass is 19.1. The number of nitrogens with two attached hydrogens (primary N) is 1. The van der Waals surface area contributed by atoms with E-state index < -0.39 is 11.7 Å². The van der Waals surface area contributed by atoms with Crippen molar-refractivity contribution in [3.63, 3.8) is 0 Å². The van der Waals surface area contributed by atoms with Crippen molar-refractivity contribution in [2.24, 2.45) is 5.84 Å². The van der Waals surface area contributed by atoms with E-state index in [9.17, 15) is 9.18 Å². The van der Waals surface area contributed by atoms with Gasteiger partial charge in [-0.15, -0.1) is 0 Å². The Morgan fingerprint density at radius 2 is 1.95 bits per heavy atom. The van der Waals surface area contributed by atoms with Crippen molar-refractivity contribution in [3.05, 3.63) is 58.9 Å². The number of nitrogens with one attached hydrogen (secondary N) is 2. The van der Waals surface area contributed by atoms with Gasteiger partial charge in [-0.3, -0.25) is 10.6 Å². The van der Waals surface area contributed by atoms with Crippen LogP contribution in [0.15, 0.2) is 36.4 Å². The molecule has 0 spiro atoms. The molecule has 2 rings (SSSR count). The summed E-state index contributed by atoms with van der Waals surface area (Å²) < 4.78 is 13.6. The van der Waals surface area contributed by atoms with Crippen LogP contribution in [-0.2, 0) is 0 Å². The van der Waals surface area contributed by atoms with Crippen LogP contribution < -0.4 is 16.6 Å². The van der Waals surface area contributed by atoms with Crippen LogP contribution in [0.1, 0.15) is 21.5 Å². The van der Waals surface area contributed by atoms with Gasteiger partial charge in [0, 0.05) is 5.69 Å². The van der Waals surface area contributed by atoms with Gasteiger partial charge in [-0.05, 0) is 37.6 Å². The molecule has 0 saturated carbocycles. The van der Waals surface area contributed by atoms with Crippen LogP contribution >= 0.6 is 0 Å². The summed E-state index contributed by atoms with van der Waals surface area (Å²) >= 11 is 0. The largest absolute Gasteiger partial charge is 0.322 e. The molecule has 0 atom stereocenters. The zero-order valence-electron chi connectivity index (χ0n) is 11.3. The van der Waals surface area contributed by atoms with E-state index in [0.29, 0.717) is 5.69 Å². The predicted molar refractivity (Wildman–Crippen MR) is 78.1 cm³/mol. The number of nitrogen functional groups attached to an aromatic ring is 1. The maximum atomic E-state index is 13.6. The highest BCUT2D eigenvalue weighted by Gasteiger charge is 2.15. The molecule has 0 unspecified atom stereocenters. The zero-order valence-corrected chi connectivity index (χ0v) is 11.3. The highest BCUT2D eigenvalue weighted by molar-refractivity contribution is 6.08. The number of benzene rings is 2. The average Bonchev–Trinajstić information content (AvgIpc) is 2.41. The summed E-state index contributed by atoms with van der Waals surface area (Å²) in [6.45, 7) is 3.87. The predicted octanol–water partition coefficient (Wildman–Crippen LogP) is 2.98. The summed E-state index contributed by atoms with van der Waals surface area (Å²) in [5, 5.41) is 2.75. The van der Waals surface area contributed by atoms with E-state index >= 15 is 0 Å². The van der Waals surface area contributed by atoms with E-state index in [1.165, 1.54) is 18.2 Å². The van der Waals surface area contributed by atoms with Crippen molar-refractivity contribution >= 4 is 17.3 Å². The number of carbonyl (C=O) groups excluding carboxylic acids is 1. The molecular formula is C15H16FN3O. The zero-order chi connectivity index (χ0) is 14.7. The minimum absolute atomic E-state index is 0.0187. The van der Waals surface area contributed by atoms with Crippen molar-refractivity contribution in [1.82, 2.24) is 0 Å². The Morgan fingerprint density at radius 3 is 2.60 bits per heavy atom. The minimum atomic E-state index is -0.569. The second-order valence-corrected chi connectivity index (χ2v) is 4.58. The molecular weight excluding hydrogens is 257 g/mol. The first-order chi connectivity index (χ1) is 9.52. The number of carbonyl (C=O) groups is 1. The number of hydrogen-bond acceptors (Lipinski definition) is 3. The molecule has 0 bridgehead atoms. The molecule has 104 valence electrons. The summed E-state index contributed by atoms with van der Waals surface area (Å²) in [6, 6.07) is 9.89. The molecule has 5 heteroatoms. The molecule has 0 saturated heterocycles. The third-order valence-corrected chi connectivity index (χ3v) is 3.03. The van der Waals surface area contributed by atoms with Gasteiger partial charge < -0.3 is 10.7 Å². The maximum absolute atomic E-state index is 13.6. The van der Waals surface area contributed by atoms with E-state index in [0.717, 1.165) is 11.1 Å². The molecule has 0 aliphatic carbocycles. The van der Waals surface area contributed by atoms with E-state index in [-0.39, 0.29) is 11.3 Å². The summed E-state index contributed by atoms with van der Waals surface area (Å²) in [6.07, 6.45) is 0. The first-order valence-electron chi connectivity index (χ1n) is 6.16.